The molecule has 2 rings (SSSR count). The molecule has 0 aliphatic heterocycles. The molecule has 0 aliphatic rings. The Morgan fingerprint density at radius 3 is 2.55 bits per heavy atom. The largest absolute Gasteiger partial charge is 0.327 e. The average molecular weight is 312 g/mol. The van der Waals surface area contributed by atoms with Gasteiger partial charge in [0.2, 0.25) is 5.91 Å². The Labute approximate surface area is 128 Å². The number of nitrogens with one attached hydrogen (secondary N) is 1. The normalized spacial score (nSPS) is 13.2. The summed E-state index contributed by atoms with van der Waals surface area (Å²) in [6.07, 6.45) is 0. The van der Waals surface area contributed by atoms with E-state index in [0.717, 1.165) is 11.3 Å². The second-order valence-electron chi connectivity index (χ2n) is 4.54. The van der Waals surface area contributed by atoms with Gasteiger partial charge in [-0.25, -0.2) is 4.98 Å². The van der Waals surface area contributed by atoms with Crippen molar-refractivity contribution < 1.29 is 4.79 Å². The molecule has 3 N–H and O–H groups in total. The van der Waals surface area contributed by atoms with E-state index in [1.807, 2.05) is 49.6 Å². The molecule has 0 aliphatic carbocycles. The highest BCUT2D eigenvalue weighted by molar-refractivity contribution is 7.14. The Morgan fingerprint density at radius 2 is 1.95 bits per heavy atom. The van der Waals surface area contributed by atoms with E-state index in [4.69, 9.17) is 5.73 Å². The number of carbonyl (C=O) groups excluding carboxylic acids is 1. The van der Waals surface area contributed by atoms with Gasteiger partial charge < -0.3 is 11.1 Å². The van der Waals surface area contributed by atoms with Gasteiger partial charge in [0.1, 0.15) is 0 Å². The van der Waals surface area contributed by atoms with Gasteiger partial charge in [-0.05, 0) is 6.92 Å². The molecule has 0 radical (unpaired) electrons. The van der Waals surface area contributed by atoms with Crippen LogP contribution in [0.3, 0.4) is 0 Å². The standard InChI is InChI=1S/C14H17N3OS.ClH/c1-9(10(2)15)13(18)17-14-16-12(8-19-14)11-6-4-3-5-7-11;/h3-10H,15H2,1-2H3,(H,16,17,18);1H. The highest BCUT2D eigenvalue weighted by Crippen LogP contribution is 2.24. The summed E-state index contributed by atoms with van der Waals surface area (Å²) in [5.41, 5.74) is 7.62. The summed E-state index contributed by atoms with van der Waals surface area (Å²) < 4.78 is 0. The third-order valence-corrected chi connectivity index (χ3v) is 3.76. The van der Waals surface area contributed by atoms with E-state index in [9.17, 15) is 4.79 Å². The zero-order valence-corrected chi connectivity index (χ0v) is 13.0. The molecule has 1 aromatic carbocycles. The molecule has 0 fully saturated rings. The van der Waals surface area contributed by atoms with Crippen LogP contribution in [0.5, 0.6) is 0 Å². The van der Waals surface area contributed by atoms with Gasteiger partial charge in [-0.3, -0.25) is 4.79 Å². The first-order chi connectivity index (χ1) is 9.08. The number of aromatic nitrogens is 1. The topological polar surface area (TPSA) is 68.0 Å². The fourth-order valence-corrected chi connectivity index (χ4v) is 2.25. The van der Waals surface area contributed by atoms with Crippen LogP contribution in [0.15, 0.2) is 35.7 Å². The fourth-order valence-electron chi connectivity index (χ4n) is 1.53. The summed E-state index contributed by atoms with van der Waals surface area (Å²) in [6, 6.07) is 9.70. The molecule has 0 bridgehead atoms. The van der Waals surface area contributed by atoms with Gasteiger partial charge in [0, 0.05) is 17.0 Å². The van der Waals surface area contributed by atoms with Crippen LogP contribution >= 0.6 is 23.7 Å². The summed E-state index contributed by atoms with van der Waals surface area (Å²) in [7, 11) is 0. The number of hydrogen-bond donors (Lipinski definition) is 2. The van der Waals surface area contributed by atoms with E-state index in [2.05, 4.69) is 10.3 Å². The van der Waals surface area contributed by atoms with Gasteiger partial charge in [0.25, 0.3) is 0 Å². The van der Waals surface area contributed by atoms with Crippen LogP contribution in [0.25, 0.3) is 11.3 Å². The molecule has 0 saturated heterocycles. The van der Waals surface area contributed by atoms with E-state index in [0.29, 0.717) is 5.13 Å². The van der Waals surface area contributed by atoms with Crippen LogP contribution in [-0.2, 0) is 4.79 Å². The van der Waals surface area contributed by atoms with E-state index in [1.165, 1.54) is 11.3 Å². The Kier molecular flexibility index (Phi) is 6.13. The summed E-state index contributed by atoms with van der Waals surface area (Å²) in [5, 5.41) is 5.34. The number of rotatable bonds is 4. The van der Waals surface area contributed by atoms with Crippen LogP contribution in [0.2, 0.25) is 0 Å². The molecule has 0 spiro atoms. The first kappa shape index (κ1) is 16.6. The van der Waals surface area contributed by atoms with Gasteiger partial charge in [0.15, 0.2) is 5.13 Å². The molecule has 20 heavy (non-hydrogen) atoms. The molecular formula is C14H18ClN3OS. The van der Waals surface area contributed by atoms with Crippen LogP contribution in [0, 0.1) is 5.92 Å². The van der Waals surface area contributed by atoms with E-state index < -0.39 is 0 Å². The quantitative estimate of drug-likeness (QED) is 0.911. The molecule has 1 amide bonds. The number of thiazole rings is 1. The number of anilines is 1. The van der Waals surface area contributed by atoms with Gasteiger partial charge in [-0.1, -0.05) is 37.3 Å². The molecule has 0 saturated carbocycles. The molecule has 2 unspecified atom stereocenters. The zero-order valence-electron chi connectivity index (χ0n) is 11.4. The maximum atomic E-state index is 11.9. The van der Waals surface area contributed by atoms with E-state index in [-0.39, 0.29) is 30.3 Å². The zero-order chi connectivity index (χ0) is 13.8. The Balaban J connectivity index is 0.00000200. The lowest BCUT2D eigenvalue weighted by atomic mass is 10.0. The smallest absolute Gasteiger partial charge is 0.230 e. The highest BCUT2D eigenvalue weighted by atomic mass is 35.5. The Hall–Kier alpha value is -1.43. The first-order valence-corrected chi connectivity index (χ1v) is 7.03. The maximum absolute atomic E-state index is 11.9. The van der Waals surface area contributed by atoms with Crippen molar-refractivity contribution in [1.82, 2.24) is 4.98 Å². The third-order valence-electron chi connectivity index (χ3n) is 3.01. The second-order valence-corrected chi connectivity index (χ2v) is 5.40. The van der Waals surface area contributed by atoms with Gasteiger partial charge in [0.05, 0.1) is 11.6 Å². The van der Waals surface area contributed by atoms with Crippen molar-refractivity contribution in [3.63, 3.8) is 0 Å². The minimum absolute atomic E-state index is 0. The SMILES string of the molecule is CC(N)C(C)C(=O)Nc1nc(-c2ccccc2)cs1.Cl. The number of amides is 1. The van der Waals surface area contributed by atoms with E-state index >= 15 is 0 Å². The summed E-state index contributed by atoms with van der Waals surface area (Å²) in [4.78, 5) is 16.3. The Morgan fingerprint density at radius 1 is 1.30 bits per heavy atom. The van der Waals surface area contributed by atoms with Crippen molar-refractivity contribution in [2.45, 2.75) is 19.9 Å². The molecular weight excluding hydrogens is 294 g/mol. The number of nitrogens with two attached hydrogens (primary N) is 1. The minimum atomic E-state index is -0.232. The van der Waals surface area contributed by atoms with Crippen LogP contribution < -0.4 is 11.1 Å². The lowest BCUT2D eigenvalue weighted by molar-refractivity contribution is -0.119. The monoisotopic (exact) mass is 311 g/mol. The number of halogens is 1. The number of nitrogens with zero attached hydrogens (tertiary/aromatic N) is 1. The number of benzene rings is 1. The minimum Gasteiger partial charge on any atom is -0.327 e. The van der Waals surface area contributed by atoms with Crippen molar-refractivity contribution >= 4 is 34.8 Å². The van der Waals surface area contributed by atoms with Crippen molar-refractivity contribution in [3.8, 4) is 11.3 Å². The van der Waals surface area contributed by atoms with Crippen LogP contribution in [0.1, 0.15) is 13.8 Å². The molecule has 6 heteroatoms. The van der Waals surface area contributed by atoms with Crippen molar-refractivity contribution in [3.05, 3.63) is 35.7 Å². The van der Waals surface area contributed by atoms with Crippen LogP contribution in [-0.4, -0.2) is 16.9 Å². The average Bonchev–Trinajstić information content (AvgIpc) is 2.87. The molecule has 2 aromatic rings. The van der Waals surface area contributed by atoms with Gasteiger partial charge in [-0.15, -0.1) is 23.7 Å². The fraction of sp³-hybridized carbons (Fsp3) is 0.286. The Bertz CT molecular complexity index is 557. The van der Waals surface area contributed by atoms with Crippen LogP contribution in [0.4, 0.5) is 5.13 Å². The molecule has 4 nitrogen and oxygen atoms in total. The lowest BCUT2D eigenvalue weighted by Gasteiger charge is -2.13. The summed E-state index contributed by atoms with van der Waals surface area (Å²) in [5.74, 6) is -0.326. The molecule has 108 valence electrons. The summed E-state index contributed by atoms with van der Waals surface area (Å²) in [6.45, 7) is 3.63. The lowest BCUT2D eigenvalue weighted by Crippen LogP contribution is -2.34. The summed E-state index contributed by atoms with van der Waals surface area (Å²) >= 11 is 1.42. The molecule has 1 aromatic heterocycles. The molecule has 2 atom stereocenters. The maximum Gasteiger partial charge on any atom is 0.230 e. The van der Waals surface area contributed by atoms with Gasteiger partial charge in [-0.2, -0.15) is 0 Å². The van der Waals surface area contributed by atoms with E-state index in [1.54, 1.807) is 0 Å². The van der Waals surface area contributed by atoms with Crippen molar-refractivity contribution in [2.24, 2.45) is 11.7 Å². The predicted molar refractivity (Wildman–Crippen MR) is 86.2 cm³/mol. The third kappa shape index (κ3) is 4.03. The number of carbonyl (C=O) groups is 1. The molecule has 1 heterocycles. The van der Waals surface area contributed by atoms with Crippen molar-refractivity contribution in [2.75, 3.05) is 5.32 Å². The highest BCUT2D eigenvalue weighted by Gasteiger charge is 2.18. The number of hydrogen-bond acceptors (Lipinski definition) is 4. The first-order valence-electron chi connectivity index (χ1n) is 6.15. The predicted octanol–water partition coefficient (Wildman–Crippen LogP) is 3.15. The van der Waals surface area contributed by atoms with Gasteiger partial charge >= 0.3 is 0 Å². The second kappa shape index (κ2) is 7.38. The van der Waals surface area contributed by atoms with Crippen molar-refractivity contribution in [1.29, 1.82) is 0 Å².